The van der Waals surface area contributed by atoms with E-state index in [0.717, 1.165) is 16.7 Å². The van der Waals surface area contributed by atoms with Crippen LogP contribution in [0.2, 0.25) is 10.0 Å². The lowest BCUT2D eigenvalue weighted by Crippen LogP contribution is -2.51. The van der Waals surface area contributed by atoms with E-state index in [1.165, 1.54) is 0 Å². The molecule has 130 valence electrons. The van der Waals surface area contributed by atoms with Gasteiger partial charge in [0.15, 0.2) is 12.1 Å². The van der Waals surface area contributed by atoms with Crippen LogP contribution in [0.15, 0.2) is 41.4 Å². The summed E-state index contributed by atoms with van der Waals surface area (Å²) in [6.07, 6.45) is 0.706. The number of hydrogen-bond donors (Lipinski definition) is 1. The summed E-state index contributed by atoms with van der Waals surface area (Å²) in [4.78, 5) is 4.05. The Morgan fingerprint density at radius 3 is 2.48 bits per heavy atom. The van der Waals surface area contributed by atoms with Crippen LogP contribution >= 0.6 is 23.2 Å². The summed E-state index contributed by atoms with van der Waals surface area (Å²) in [5.41, 5.74) is 6.77. The molecule has 0 saturated heterocycles. The second-order valence-electron chi connectivity index (χ2n) is 6.33. The zero-order valence-corrected chi connectivity index (χ0v) is 14.5. The molecule has 1 unspecified atom stereocenters. The average Bonchev–Trinajstić information content (AvgIpc) is 2.90. The molecule has 1 spiro atoms. The number of amidine groups is 1. The third-order valence-corrected chi connectivity index (χ3v) is 5.25. The van der Waals surface area contributed by atoms with Crippen LogP contribution in [0.1, 0.15) is 17.5 Å². The number of fused-ring (bicyclic) bond motifs is 2. The molecule has 7 heteroatoms. The number of nitrogens with zero attached hydrogens (tertiary/aromatic N) is 1. The number of rotatable bonds is 1. The number of nitrogens with two attached hydrogens (primary N) is 1. The summed E-state index contributed by atoms with van der Waals surface area (Å²) in [7, 11) is 0. The van der Waals surface area contributed by atoms with Crippen molar-refractivity contribution in [3.63, 3.8) is 0 Å². The van der Waals surface area contributed by atoms with Crippen molar-refractivity contribution in [3.05, 3.63) is 57.6 Å². The van der Waals surface area contributed by atoms with Crippen molar-refractivity contribution in [1.29, 1.82) is 0 Å². The SMILES string of the molecule is NC1=NC2(CCc3ccc(-c4cc(Cl)cc(Cl)c4)cc32)C(F)(F)CO1. The molecule has 0 bridgehead atoms. The Hall–Kier alpha value is -1.85. The molecule has 3 nitrogen and oxygen atoms in total. The quantitative estimate of drug-likeness (QED) is 0.770. The number of benzene rings is 2. The number of halogens is 4. The molecule has 25 heavy (non-hydrogen) atoms. The molecule has 4 rings (SSSR count). The van der Waals surface area contributed by atoms with Gasteiger partial charge in [-0.3, -0.25) is 0 Å². The fourth-order valence-corrected chi connectivity index (χ4v) is 4.14. The summed E-state index contributed by atoms with van der Waals surface area (Å²) in [5.74, 6) is -3.13. The second kappa shape index (κ2) is 5.58. The van der Waals surface area contributed by atoms with E-state index in [-0.39, 0.29) is 12.4 Å². The minimum atomic E-state index is -3.13. The molecule has 2 aliphatic rings. The van der Waals surface area contributed by atoms with Gasteiger partial charge in [0.25, 0.3) is 6.02 Å². The number of aryl methyl sites for hydroxylation is 1. The first-order valence-electron chi connectivity index (χ1n) is 7.77. The molecule has 0 aromatic heterocycles. The van der Waals surface area contributed by atoms with E-state index in [0.29, 0.717) is 22.0 Å². The molecular formula is C18H14Cl2F2N2O. The summed E-state index contributed by atoms with van der Waals surface area (Å²) in [6, 6.07) is 10.4. The van der Waals surface area contributed by atoms with Gasteiger partial charge in [0.05, 0.1) is 0 Å². The summed E-state index contributed by atoms with van der Waals surface area (Å²) >= 11 is 12.1. The first kappa shape index (κ1) is 16.6. The largest absolute Gasteiger partial charge is 0.459 e. The van der Waals surface area contributed by atoms with Gasteiger partial charge in [-0.25, -0.2) is 4.99 Å². The van der Waals surface area contributed by atoms with E-state index in [9.17, 15) is 8.78 Å². The molecule has 1 aliphatic carbocycles. The normalized spacial score (nSPS) is 23.9. The van der Waals surface area contributed by atoms with Crippen molar-refractivity contribution < 1.29 is 13.5 Å². The van der Waals surface area contributed by atoms with Gasteiger partial charge in [0, 0.05) is 10.0 Å². The van der Waals surface area contributed by atoms with Gasteiger partial charge in [-0.2, -0.15) is 8.78 Å². The second-order valence-corrected chi connectivity index (χ2v) is 7.21. The maximum atomic E-state index is 14.7. The molecule has 2 aromatic carbocycles. The summed E-state index contributed by atoms with van der Waals surface area (Å²) in [6.45, 7) is -0.769. The predicted octanol–water partition coefficient (Wildman–Crippen LogP) is 4.78. The van der Waals surface area contributed by atoms with E-state index < -0.39 is 18.1 Å². The van der Waals surface area contributed by atoms with E-state index >= 15 is 0 Å². The third kappa shape index (κ3) is 2.57. The standard InChI is InChI=1S/C18H14Cl2F2N2O/c19-13-5-12(6-14(20)8-13)11-2-1-10-3-4-17(15(10)7-11)18(21,22)9-25-16(23)24-17/h1-2,5-8H,3-4,9H2,(H2,23,24). The Kier molecular flexibility index (Phi) is 3.71. The third-order valence-electron chi connectivity index (χ3n) is 4.81. The van der Waals surface area contributed by atoms with Gasteiger partial charge in [-0.15, -0.1) is 0 Å². The molecule has 0 fully saturated rings. The van der Waals surface area contributed by atoms with E-state index in [1.54, 1.807) is 24.3 Å². The fraction of sp³-hybridized carbons (Fsp3) is 0.278. The van der Waals surface area contributed by atoms with Gasteiger partial charge in [-0.1, -0.05) is 35.3 Å². The molecule has 1 atom stereocenters. The molecule has 0 amide bonds. The highest BCUT2D eigenvalue weighted by atomic mass is 35.5. The van der Waals surface area contributed by atoms with E-state index in [2.05, 4.69) is 4.99 Å². The highest BCUT2D eigenvalue weighted by Gasteiger charge is 2.60. The number of alkyl halides is 2. The summed E-state index contributed by atoms with van der Waals surface area (Å²) in [5, 5.41) is 0.966. The van der Waals surface area contributed by atoms with Crippen LogP contribution in [-0.4, -0.2) is 18.6 Å². The molecule has 1 aliphatic heterocycles. The summed E-state index contributed by atoms with van der Waals surface area (Å²) < 4.78 is 34.3. The maximum absolute atomic E-state index is 14.7. The first-order chi connectivity index (χ1) is 11.8. The Labute approximate surface area is 153 Å². The fourth-order valence-electron chi connectivity index (χ4n) is 3.61. The lowest BCUT2D eigenvalue weighted by molar-refractivity contribution is -0.121. The van der Waals surface area contributed by atoms with Crippen molar-refractivity contribution in [2.75, 3.05) is 6.61 Å². The number of ether oxygens (including phenoxy) is 1. The van der Waals surface area contributed by atoms with Crippen LogP contribution in [0.5, 0.6) is 0 Å². The number of aliphatic imine (C=N–C) groups is 1. The van der Waals surface area contributed by atoms with Crippen LogP contribution in [-0.2, 0) is 16.7 Å². The highest BCUT2D eigenvalue weighted by molar-refractivity contribution is 6.35. The van der Waals surface area contributed by atoms with Gasteiger partial charge in [-0.05, 0) is 59.4 Å². The Morgan fingerprint density at radius 2 is 1.76 bits per heavy atom. The van der Waals surface area contributed by atoms with E-state index in [4.69, 9.17) is 33.7 Å². The highest BCUT2D eigenvalue weighted by Crippen LogP contribution is 2.52. The lowest BCUT2D eigenvalue weighted by Gasteiger charge is -2.37. The molecule has 2 aromatic rings. The van der Waals surface area contributed by atoms with Crippen molar-refractivity contribution in [2.24, 2.45) is 10.7 Å². The van der Waals surface area contributed by atoms with E-state index in [1.807, 2.05) is 12.1 Å². The van der Waals surface area contributed by atoms with Gasteiger partial charge >= 0.3 is 5.92 Å². The van der Waals surface area contributed by atoms with Crippen LogP contribution in [0, 0.1) is 0 Å². The molecule has 0 radical (unpaired) electrons. The zero-order valence-electron chi connectivity index (χ0n) is 13.0. The topological polar surface area (TPSA) is 47.6 Å². The van der Waals surface area contributed by atoms with Gasteiger partial charge in [0.2, 0.25) is 0 Å². The zero-order chi connectivity index (χ0) is 17.8. The van der Waals surface area contributed by atoms with Crippen LogP contribution < -0.4 is 5.73 Å². The van der Waals surface area contributed by atoms with Crippen molar-refractivity contribution >= 4 is 29.2 Å². The number of hydrogen-bond acceptors (Lipinski definition) is 3. The Balaban J connectivity index is 1.89. The minimum Gasteiger partial charge on any atom is -0.459 e. The van der Waals surface area contributed by atoms with Gasteiger partial charge < -0.3 is 10.5 Å². The molecule has 0 saturated carbocycles. The van der Waals surface area contributed by atoms with Crippen LogP contribution in [0.4, 0.5) is 8.78 Å². The maximum Gasteiger partial charge on any atom is 0.310 e. The average molecular weight is 383 g/mol. The smallest absolute Gasteiger partial charge is 0.310 e. The molecule has 1 heterocycles. The van der Waals surface area contributed by atoms with Crippen molar-refractivity contribution in [1.82, 2.24) is 0 Å². The van der Waals surface area contributed by atoms with Gasteiger partial charge in [0.1, 0.15) is 0 Å². The Morgan fingerprint density at radius 1 is 1.04 bits per heavy atom. The monoisotopic (exact) mass is 382 g/mol. The first-order valence-corrected chi connectivity index (χ1v) is 8.52. The van der Waals surface area contributed by atoms with Crippen LogP contribution in [0.25, 0.3) is 11.1 Å². The van der Waals surface area contributed by atoms with Crippen LogP contribution in [0.3, 0.4) is 0 Å². The van der Waals surface area contributed by atoms with Crippen molar-refractivity contribution in [3.8, 4) is 11.1 Å². The molecular weight excluding hydrogens is 369 g/mol. The lowest BCUT2D eigenvalue weighted by atomic mass is 9.84. The minimum absolute atomic E-state index is 0.194. The molecule has 2 N–H and O–H groups in total. The Bertz CT molecular complexity index is 880. The predicted molar refractivity (Wildman–Crippen MR) is 94.4 cm³/mol. The van der Waals surface area contributed by atoms with Crippen molar-refractivity contribution in [2.45, 2.75) is 24.3 Å².